The maximum atomic E-state index is 12.7. The van der Waals surface area contributed by atoms with Crippen molar-refractivity contribution in [2.24, 2.45) is 0 Å². The third kappa shape index (κ3) is 7.37. The van der Waals surface area contributed by atoms with Crippen molar-refractivity contribution in [3.8, 4) is 5.75 Å². The number of esters is 1. The van der Waals surface area contributed by atoms with Crippen LogP contribution in [0.5, 0.6) is 5.75 Å². The Kier molecular flexibility index (Phi) is 7.86. The molecule has 0 spiro atoms. The molecule has 10 heteroatoms. The Labute approximate surface area is 192 Å². The predicted molar refractivity (Wildman–Crippen MR) is 116 cm³/mol. The van der Waals surface area contributed by atoms with Crippen LogP contribution in [0.4, 0.5) is 18.9 Å². The lowest BCUT2D eigenvalue weighted by Gasteiger charge is -2.18. The first-order valence-electron chi connectivity index (χ1n) is 9.94. The monoisotopic (exact) mass is 472 g/mol. The van der Waals surface area contributed by atoms with Gasteiger partial charge in [-0.1, -0.05) is 48.5 Å². The molecule has 7 nitrogen and oxygen atoms in total. The van der Waals surface area contributed by atoms with Gasteiger partial charge in [-0.15, -0.1) is 13.2 Å². The summed E-state index contributed by atoms with van der Waals surface area (Å²) >= 11 is 0. The summed E-state index contributed by atoms with van der Waals surface area (Å²) in [5.41, 5.74) is 0.969. The zero-order valence-corrected chi connectivity index (χ0v) is 17.5. The molecular formula is C24H19F3N2O5. The van der Waals surface area contributed by atoms with E-state index in [-0.39, 0.29) is 5.69 Å². The molecule has 3 aromatic rings. The van der Waals surface area contributed by atoms with E-state index in [9.17, 15) is 27.6 Å². The fourth-order valence-electron chi connectivity index (χ4n) is 2.88. The van der Waals surface area contributed by atoms with Crippen LogP contribution in [-0.2, 0) is 14.3 Å². The average molecular weight is 472 g/mol. The van der Waals surface area contributed by atoms with Crippen LogP contribution < -0.4 is 15.4 Å². The molecule has 3 rings (SSSR count). The minimum atomic E-state index is -4.83. The lowest BCUT2D eigenvalue weighted by atomic mass is 10.1. The standard InChI is InChI=1S/C24H19F3N2O5/c25-24(26,27)34-19-13-11-18(12-14-19)28-20(30)15-33-23(32)21(16-7-3-1-4-8-16)29-22(31)17-9-5-2-6-10-17/h1-14,21H,15H2,(H,28,30)(H,29,31). The Morgan fingerprint density at radius 1 is 0.824 bits per heavy atom. The number of hydrogen-bond donors (Lipinski definition) is 2. The Balaban J connectivity index is 1.60. The normalized spacial score (nSPS) is 11.7. The number of alkyl halides is 3. The minimum absolute atomic E-state index is 0.174. The fraction of sp³-hybridized carbons (Fsp3) is 0.125. The van der Waals surface area contributed by atoms with Crippen molar-refractivity contribution < 1.29 is 37.0 Å². The van der Waals surface area contributed by atoms with Crippen LogP contribution in [0, 0.1) is 0 Å². The van der Waals surface area contributed by atoms with E-state index in [2.05, 4.69) is 15.4 Å². The van der Waals surface area contributed by atoms with E-state index in [0.717, 1.165) is 12.1 Å². The molecule has 0 bridgehead atoms. The number of rotatable bonds is 8. The lowest BCUT2D eigenvalue weighted by Crippen LogP contribution is -2.36. The highest BCUT2D eigenvalue weighted by Gasteiger charge is 2.31. The average Bonchev–Trinajstić information content (AvgIpc) is 2.82. The van der Waals surface area contributed by atoms with Crippen molar-refractivity contribution in [2.45, 2.75) is 12.4 Å². The van der Waals surface area contributed by atoms with Crippen LogP contribution in [0.1, 0.15) is 22.0 Å². The molecule has 0 aliphatic carbocycles. The van der Waals surface area contributed by atoms with Gasteiger partial charge in [0.15, 0.2) is 12.6 Å². The molecule has 0 radical (unpaired) electrons. The van der Waals surface area contributed by atoms with E-state index >= 15 is 0 Å². The maximum Gasteiger partial charge on any atom is 0.573 e. The van der Waals surface area contributed by atoms with Crippen LogP contribution in [0.15, 0.2) is 84.9 Å². The number of halogens is 3. The highest BCUT2D eigenvalue weighted by molar-refractivity contribution is 5.97. The second-order valence-corrected chi connectivity index (χ2v) is 6.91. The quantitative estimate of drug-likeness (QED) is 0.479. The van der Waals surface area contributed by atoms with E-state index in [4.69, 9.17) is 4.74 Å². The third-order valence-corrected chi connectivity index (χ3v) is 4.40. The van der Waals surface area contributed by atoms with Crippen molar-refractivity contribution in [1.82, 2.24) is 5.32 Å². The van der Waals surface area contributed by atoms with Gasteiger partial charge < -0.3 is 20.1 Å². The molecule has 0 saturated heterocycles. The van der Waals surface area contributed by atoms with Crippen molar-refractivity contribution in [3.63, 3.8) is 0 Å². The Bertz CT molecular complexity index is 1120. The molecule has 0 heterocycles. The molecule has 2 amide bonds. The zero-order valence-electron chi connectivity index (χ0n) is 17.5. The van der Waals surface area contributed by atoms with Crippen LogP contribution >= 0.6 is 0 Å². The van der Waals surface area contributed by atoms with Gasteiger partial charge in [0.1, 0.15) is 5.75 Å². The summed E-state index contributed by atoms with van der Waals surface area (Å²) in [4.78, 5) is 37.4. The summed E-state index contributed by atoms with van der Waals surface area (Å²) in [5.74, 6) is -2.53. The van der Waals surface area contributed by atoms with E-state index in [1.54, 1.807) is 60.7 Å². The summed E-state index contributed by atoms with van der Waals surface area (Å²) in [5, 5.41) is 4.99. The van der Waals surface area contributed by atoms with Gasteiger partial charge in [0.2, 0.25) is 0 Å². The van der Waals surface area contributed by atoms with Crippen molar-refractivity contribution in [2.75, 3.05) is 11.9 Å². The van der Waals surface area contributed by atoms with Gasteiger partial charge in [0.25, 0.3) is 11.8 Å². The highest BCUT2D eigenvalue weighted by atomic mass is 19.4. The number of anilines is 1. The number of carbonyl (C=O) groups is 3. The predicted octanol–water partition coefficient (Wildman–Crippen LogP) is 4.24. The molecule has 3 aromatic carbocycles. The maximum absolute atomic E-state index is 12.7. The second kappa shape index (κ2) is 11.0. The molecule has 2 N–H and O–H groups in total. The molecule has 0 aromatic heterocycles. The fourth-order valence-corrected chi connectivity index (χ4v) is 2.88. The number of amides is 2. The Morgan fingerprint density at radius 3 is 2.00 bits per heavy atom. The Morgan fingerprint density at radius 2 is 1.41 bits per heavy atom. The zero-order chi connectivity index (χ0) is 24.6. The first kappa shape index (κ1) is 24.3. The number of benzene rings is 3. The topological polar surface area (TPSA) is 93.7 Å². The molecule has 0 saturated carbocycles. The summed E-state index contributed by atoms with van der Waals surface area (Å²) in [6.07, 6.45) is -4.83. The van der Waals surface area contributed by atoms with E-state index < -0.39 is 42.5 Å². The smallest absolute Gasteiger partial charge is 0.454 e. The largest absolute Gasteiger partial charge is 0.573 e. The van der Waals surface area contributed by atoms with Gasteiger partial charge in [-0.05, 0) is 42.0 Å². The van der Waals surface area contributed by atoms with Crippen molar-refractivity contribution in [1.29, 1.82) is 0 Å². The van der Waals surface area contributed by atoms with E-state index in [1.807, 2.05) is 0 Å². The molecule has 176 valence electrons. The van der Waals surface area contributed by atoms with E-state index in [0.29, 0.717) is 11.1 Å². The SMILES string of the molecule is O=C(COC(=O)C(NC(=O)c1ccccc1)c1ccccc1)Nc1ccc(OC(F)(F)F)cc1. The molecule has 34 heavy (non-hydrogen) atoms. The molecule has 0 fully saturated rings. The van der Waals surface area contributed by atoms with Gasteiger partial charge >= 0.3 is 12.3 Å². The third-order valence-electron chi connectivity index (χ3n) is 4.40. The molecule has 0 aliphatic rings. The van der Waals surface area contributed by atoms with Crippen LogP contribution in [-0.4, -0.2) is 30.8 Å². The number of ether oxygens (including phenoxy) is 2. The van der Waals surface area contributed by atoms with Crippen molar-refractivity contribution in [3.05, 3.63) is 96.1 Å². The summed E-state index contributed by atoms with van der Waals surface area (Å²) in [6, 6.07) is 19.9. The first-order chi connectivity index (χ1) is 16.2. The summed E-state index contributed by atoms with van der Waals surface area (Å²) in [6.45, 7) is -0.676. The first-order valence-corrected chi connectivity index (χ1v) is 9.94. The number of hydrogen-bond acceptors (Lipinski definition) is 5. The molecule has 1 atom stereocenters. The second-order valence-electron chi connectivity index (χ2n) is 6.91. The Hall–Kier alpha value is -4.34. The highest BCUT2D eigenvalue weighted by Crippen LogP contribution is 2.24. The number of carbonyl (C=O) groups excluding carboxylic acids is 3. The number of nitrogens with one attached hydrogen (secondary N) is 2. The van der Waals surface area contributed by atoms with Gasteiger partial charge in [-0.25, -0.2) is 4.79 Å². The summed E-state index contributed by atoms with van der Waals surface area (Å²) in [7, 11) is 0. The van der Waals surface area contributed by atoms with Crippen LogP contribution in [0.3, 0.4) is 0 Å². The van der Waals surface area contributed by atoms with Gasteiger partial charge in [-0.2, -0.15) is 0 Å². The van der Waals surface area contributed by atoms with Gasteiger partial charge in [-0.3, -0.25) is 9.59 Å². The van der Waals surface area contributed by atoms with Crippen LogP contribution in [0.2, 0.25) is 0 Å². The van der Waals surface area contributed by atoms with Crippen molar-refractivity contribution >= 4 is 23.5 Å². The molecule has 0 aliphatic heterocycles. The van der Waals surface area contributed by atoms with E-state index in [1.165, 1.54) is 12.1 Å². The van der Waals surface area contributed by atoms with Crippen LogP contribution in [0.25, 0.3) is 0 Å². The summed E-state index contributed by atoms with van der Waals surface area (Å²) < 4.78 is 45.5. The van der Waals surface area contributed by atoms with Gasteiger partial charge in [0, 0.05) is 11.3 Å². The molecular weight excluding hydrogens is 453 g/mol. The lowest BCUT2D eigenvalue weighted by molar-refractivity contribution is -0.274. The minimum Gasteiger partial charge on any atom is -0.454 e. The molecule has 1 unspecified atom stereocenters. The van der Waals surface area contributed by atoms with Gasteiger partial charge in [0.05, 0.1) is 0 Å².